The molecule has 1 rings (SSSR count). The van der Waals surface area contributed by atoms with Crippen molar-refractivity contribution in [1.82, 2.24) is 5.06 Å². The van der Waals surface area contributed by atoms with Gasteiger partial charge in [0, 0.05) is 18.0 Å². The minimum Gasteiger partial charge on any atom is -0.326 e. The standard InChI is InChI=1S/C9H16N2OS/c1-7(10)9(11(2)12-3)8-5-4-6-13-8/h4-7,9H,10H2,1-3H3. The van der Waals surface area contributed by atoms with Crippen molar-refractivity contribution in [3.05, 3.63) is 22.4 Å². The van der Waals surface area contributed by atoms with E-state index in [0.29, 0.717) is 0 Å². The first-order chi connectivity index (χ1) is 6.16. The van der Waals surface area contributed by atoms with Gasteiger partial charge in [0.1, 0.15) is 0 Å². The first-order valence-corrected chi connectivity index (χ1v) is 5.10. The van der Waals surface area contributed by atoms with Crippen LogP contribution in [0.15, 0.2) is 17.5 Å². The Morgan fingerprint density at radius 3 is 2.69 bits per heavy atom. The van der Waals surface area contributed by atoms with E-state index < -0.39 is 0 Å². The number of hydrogen-bond acceptors (Lipinski definition) is 4. The first kappa shape index (κ1) is 10.7. The van der Waals surface area contributed by atoms with Gasteiger partial charge in [-0.2, -0.15) is 5.06 Å². The second-order valence-corrected chi connectivity index (χ2v) is 4.03. The Kier molecular flexibility index (Phi) is 3.87. The number of thiophene rings is 1. The molecule has 4 heteroatoms. The van der Waals surface area contributed by atoms with E-state index in [0.717, 1.165) is 0 Å². The maximum absolute atomic E-state index is 5.89. The fraction of sp³-hybridized carbons (Fsp3) is 0.556. The van der Waals surface area contributed by atoms with Crippen molar-refractivity contribution in [1.29, 1.82) is 0 Å². The number of rotatable bonds is 4. The summed E-state index contributed by atoms with van der Waals surface area (Å²) in [6.07, 6.45) is 0. The van der Waals surface area contributed by atoms with Gasteiger partial charge in [-0.25, -0.2) is 0 Å². The molecule has 0 fully saturated rings. The third kappa shape index (κ3) is 2.51. The van der Waals surface area contributed by atoms with E-state index in [4.69, 9.17) is 10.6 Å². The molecule has 0 saturated heterocycles. The molecule has 0 saturated carbocycles. The molecule has 1 aromatic rings. The minimum absolute atomic E-state index is 0.0589. The lowest BCUT2D eigenvalue weighted by molar-refractivity contribution is -0.146. The number of nitrogens with zero attached hydrogens (tertiary/aromatic N) is 1. The molecule has 2 unspecified atom stereocenters. The van der Waals surface area contributed by atoms with Crippen molar-refractivity contribution in [2.24, 2.45) is 5.73 Å². The predicted molar refractivity (Wildman–Crippen MR) is 55.5 cm³/mol. The van der Waals surface area contributed by atoms with E-state index in [1.807, 2.05) is 25.4 Å². The maximum Gasteiger partial charge on any atom is 0.0839 e. The fourth-order valence-corrected chi connectivity index (χ4v) is 2.32. The van der Waals surface area contributed by atoms with Crippen molar-refractivity contribution >= 4 is 11.3 Å². The average molecular weight is 200 g/mol. The van der Waals surface area contributed by atoms with Gasteiger partial charge in [-0.05, 0) is 18.4 Å². The van der Waals surface area contributed by atoms with Crippen molar-refractivity contribution in [2.75, 3.05) is 14.2 Å². The van der Waals surface area contributed by atoms with Gasteiger partial charge in [0.2, 0.25) is 0 Å². The van der Waals surface area contributed by atoms with Gasteiger partial charge in [0.05, 0.1) is 13.2 Å². The molecule has 0 aliphatic carbocycles. The van der Waals surface area contributed by atoms with E-state index in [-0.39, 0.29) is 12.1 Å². The third-order valence-electron chi connectivity index (χ3n) is 2.01. The SMILES string of the molecule is CON(C)C(c1cccs1)C(C)N. The second kappa shape index (κ2) is 4.72. The van der Waals surface area contributed by atoms with Crippen LogP contribution in [0.25, 0.3) is 0 Å². The van der Waals surface area contributed by atoms with Crippen LogP contribution in [0.5, 0.6) is 0 Å². The van der Waals surface area contributed by atoms with Gasteiger partial charge in [-0.3, -0.25) is 0 Å². The summed E-state index contributed by atoms with van der Waals surface area (Å²) >= 11 is 1.70. The van der Waals surface area contributed by atoms with Crippen LogP contribution in [0.2, 0.25) is 0 Å². The Bertz CT molecular complexity index is 236. The van der Waals surface area contributed by atoms with Crippen LogP contribution in [0.3, 0.4) is 0 Å². The Morgan fingerprint density at radius 1 is 1.62 bits per heavy atom. The molecule has 0 spiro atoms. The van der Waals surface area contributed by atoms with Crippen LogP contribution in [-0.2, 0) is 4.84 Å². The van der Waals surface area contributed by atoms with Crippen molar-refractivity contribution in [3.63, 3.8) is 0 Å². The van der Waals surface area contributed by atoms with Crippen LogP contribution in [0.4, 0.5) is 0 Å². The zero-order valence-corrected chi connectivity index (χ0v) is 9.04. The lowest BCUT2D eigenvalue weighted by atomic mass is 10.1. The molecule has 1 aromatic heterocycles. The molecule has 13 heavy (non-hydrogen) atoms. The molecule has 1 heterocycles. The highest BCUT2D eigenvalue weighted by molar-refractivity contribution is 7.10. The van der Waals surface area contributed by atoms with Gasteiger partial charge in [0.25, 0.3) is 0 Å². The van der Waals surface area contributed by atoms with Crippen LogP contribution in [-0.4, -0.2) is 25.3 Å². The molecule has 74 valence electrons. The molecular weight excluding hydrogens is 184 g/mol. The zero-order chi connectivity index (χ0) is 9.84. The predicted octanol–water partition coefficient (Wildman–Crippen LogP) is 1.63. The smallest absolute Gasteiger partial charge is 0.0839 e. The van der Waals surface area contributed by atoms with Gasteiger partial charge in [-0.1, -0.05) is 6.07 Å². The molecule has 0 aliphatic rings. The summed E-state index contributed by atoms with van der Waals surface area (Å²) in [6.45, 7) is 1.99. The van der Waals surface area contributed by atoms with Crippen LogP contribution >= 0.6 is 11.3 Å². The molecular formula is C9H16N2OS. The highest BCUT2D eigenvalue weighted by Gasteiger charge is 2.21. The summed E-state index contributed by atoms with van der Waals surface area (Å²) in [7, 11) is 3.55. The number of nitrogens with two attached hydrogens (primary N) is 1. The average Bonchev–Trinajstić information content (AvgIpc) is 2.56. The minimum atomic E-state index is 0.0589. The lowest BCUT2D eigenvalue weighted by Gasteiger charge is -2.27. The monoisotopic (exact) mass is 200 g/mol. The summed E-state index contributed by atoms with van der Waals surface area (Å²) in [4.78, 5) is 6.39. The van der Waals surface area contributed by atoms with Gasteiger partial charge >= 0.3 is 0 Å². The molecule has 3 nitrogen and oxygen atoms in total. The quantitative estimate of drug-likeness (QED) is 0.751. The van der Waals surface area contributed by atoms with Crippen LogP contribution in [0.1, 0.15) is 17.8 Å². The van der Waals surface area contributed by atoms with Gasteiger partial charge in [0.15, 0.2) is 0 Å². The summed E-state index contributed by atoms with van der Waals surface area (Å²) in [5.41, 5.74) is 5.89. The molecule has 0 radical (unpaired) electrons. The Labute approximate surface area is 83.1 Å². The highest BCUT2D eigenvalue weighted by atomic mass is 32.1. The van der Waals surface area contributed by atoms with E-state index in [2.05, 4.69) is 6.07 Å². The molecule has 0 aliphatic heterocycles. The zero-order valence-electron chi connectivity index (χ0n) is 8.23. The molecule has 2 atom stereocenters. The maximum atomic E-state index is 5.89. The number of likely N-dealkylation sites (N-methyl/N-ethyl adjacent to an activating group) is 1. The largest absolute Gasteiger partial charge is 0.326 e. The van der Waals surface area contributed by atoms with E-state index >= 15 is 0 Å². The normalized spacial score (nSPS) is 16.1. The Morgan fingerprint density at radius 2 is 2.31 bits per heavy atom. The second-order valence-electron chi connectivity index (χ2n) is 3.05. The van der Waals surface area contributed by atoms with Crippen LogP contribution in [0, 0.1) is 0 Å². The van der Waals surface area contributed by atoms with Crippen molar-refractivity contribution in [2.45, 2.75) is 19.0 Å². The summed E-state index contributed by atoms with van der Waals surface area (Å²) < 4.78 is 0. The fourth-order valence-electron chi connectivity index (χ4n) is 1.34. The number of hydroxylamine groups is 2. The van der Waals surface area contributed by atoms with E-state index in [9.17, 15) is 0 Å². The summed E-state index contributed by atoms with van der Waals surface area (Å²) in [5, 5.41) is 3.84. The van der Waals surface area contributed by atoms with Crippen molar-refractivity contribution < 1.29 is 4.84 Å². The van der Waals surface area contributed by atoms with Gasteiger partial charge < -0.3 is 10.6 Å². The Hall–Kier alpha value is -0.420. The molecule has 0 amide bonds. The number of hydrogen-bond donors (Lipinski definition) is 1. The first-order valence-electron chi connectivity index (χ1n) is 4.22. The van der Waals surface area contributed by atoms with E-state index in [1.165, 1.54) is 4.88 Å². The molecule has 2 N–H and O–H groups in total. The van der Waals surface area contributed by atoms with E-state index in [1.54, 1.807) is 23.5 Å². The molecule has 0 aromatic carbocycles. The lowest BCUT2D eigenvalue weighted by Crippen LogP contribution is -2.36. The summed E-state index contributed by atoms with van der Waals surface area (Å²) in [6, 6.07) is 4.31. The highest BCUT2D eigenvalue weighted by Crippen LogP contribution is 2.26. The third-order valence-corrected chi connectivity index (χ3v) is 2.96. The molecule has 0 bridgehead atoms. The Balaban J connectivity index is 2.80. The summed E-state index contributed by atoms with van der Waals surface area (Å²) in [5.74, 6) is 0. The van der Waals surface area contributed by atoms with Crippen LogP contribution < -0.4 is 5.73 Å². The van der Waals surface area contributed by atoms with Crippen molar-refractivity contribution in [3.8, 4) is 0 Å². The topological polar surface area (TPSA) is 38.5 Å². The van der Waals surface area contributed by atoms with Gasteiger partial charge in [-0.15, -0.1) is 11.3 Å².